The molecule has 1 aliphatic rings. The number of hydrogen-bond donors (Lipinski definition) is 2. The lowest BCUT2D eigenvalue weighted by molar-refractivity contribution is -0.134. The van der Waals surface area contributed by atoms with Gasteiger partial charge in [-0.3, -0.25) is 9.59 Å². The van der Waals surface area contributed by atoms with Gasteiger partial charge in [0, 0.05) is 12.6 Å². The first-order chi connectivity index (χ1) is 10.6. The standard InChI is InChI=1S/C16H17N3O3/c1-11-9-13(19-22-11)18-15(21)16(7-8-16)14(20)17-10-12-5-3-2-4-6-12/h2-6,9H,7-8,10H2,1H3,(H,17,20)(H,18,19,21). The molecule has 6 nitrogen and oxygen atoms in total. The molecule has 0 bridgehead atoms. The van der Waals surface area contributed by atoms with E-state index in [1.165, 1.54) is 0 Å². The molecule has 1 aliphatic carbocycles. The van der Waals surface area contributed by atoms with E-state index in [1.807, 2.05) is 30.3 Å². The van der Waals surface area contributed by atoms with E-state index >= 15 is 0 Å². The summed E-state index contributed by atoms with van der Waals surface area (Å²) in [5.41, 5.74) is 0.0286. The smallest absolute Gasteiger partial charge is 0.241 e. The van der Waals surface area contributed by atoms with E-state index in [0.717, 1.165) is 5.56 Å². The van der Waals surface area contributed by atoms with Crippen LogP contribution in [0.15, 0.2) is 40.9 Å². The summed E-state index contributed by atoms with van der Waals surface area (Å²) in [5.74, 6) is 0.374. The SMILES string of the molecule is Cc1cc(NC(=O)C2(C(=O)NCc3ccccc3)CC2)no1. The quantitative estimate of drug-likeness (QED) is 0.827. The van der Waals surface area contributed by atoms with Gasteiger partial charge < -0.3 is 15.2 Å². The van der Waals surface area contributed by atoms with Crippen LogP contribution in [0.3, 0.4) is 0 Å². The first-order valence-corrected chi connectivity index (χ1v) is 7.17. The predicted octanol–water partition coefficient (Wildman–Crippen LogP) is 2.02. The molecule has 114 valence electrons. The molecule has 1 aromatic heterocycles. The molecule has 0 unspecified atom stereocenters. The van der Waals surface area contributed by atoms with E-state index in [0.29, 0.717) is 31.0 Å². The first-order valence-electron chi connectivity index (χ1n) is 7.17. The third-order valence-electron chi connectivity index (χ3n) is 3.78. The Morgan fingerprint density at radius 2 is 1.95 bits per heavy atom. The summed E-state index contributed by atoms with van der Waals surface area (Å²) < 4.78 is 4.90. The number of nitrogens with one attached hydrogen (secondary N) is 2. The average molecular weight is 299 g/mol. The number of aromatic nitrogens is 1. The van der Waals surface area contributed by atoms with Gasteiger partial charge in [0.25, 0.3) is 0 Å². The highest BCUT2D eigenvalue weighted by Gasteiger charge is 2.56. The Bertz CT molecular complexity index is 690. The minimum atomic E-state index is -0.971. The second-order valence-electron chi connectivity index (χ2n) is 5.53. The van der Waals surface area contributed by atoms with Gasteiger partial charge in [-0.1, -0.05) is 35.5 Å². The molecular weight excluding hydrogens is 282 g/mol. The normalized spacial score (nSPS) is 15.1. The minimum Gasteiger partial charge on any atom is -0.360 e. The topological polar surface area (TPSA) is 84.2 Å². The number of carbonyl (C=O) groups is 2. The summed E-state index contributed by atoms with van der Waals surface area (Å²) in [5, 5.41) is 9.18. The number of aryl methyl sites for hydroxylation is 1. The molecule has 2 aromatic rings. The molecule has 0 saturated heterocycles. The van der Waals surface area contributed by atoms with Gasteiger partial charge in [-0.05, 0) is 25.3 Å². The van der Waals surface area contributed by atoms with Gasteiger partial charge in [-0.15, -0.1) is 0 Å². The van der Waals surface area contributed by atoms with Crippen LogP contribution in [0.1, 0.15) is 24.2 Å². The summed E-state index contributed by atoms with van der Waals surface area (Å²) in [4.78, 5) is 24.6. The molecule has 2 amide bonds. The molecule has 6 heteroatoms. The summed E-state index contributed by atoms with van der Waals surface area (Å²) >= 11 is 0. The molecule has 1 heterocycles. The van der Waals surface area contributed by atoms with E-state index in [-0.39, 0.29) is 11.8 Å². The molecule has 1 saturated carbocycles. The van der Waals surface area contributed by atoms with Crippen LogP contribution in [0, 0.1) is 12.3 Å². The number of anilines is 1. The monoisotopic (exact) mass is 299 g/mol. The fraction of sp³-hybridized carbons (Fsp3) is 0.312. The van der Waals surface area contributed by atoms with Crippen LogP contribution in [0.25, 0.3) is 0 Å². The maximum Gasteiger partial charge on any atom is 0.241 e. The average Bonchev–Trinajstić information content (AvgIpc) is 3.25. The Morgan fingerprint density at radius 1 is 1.23 bits per heavy atom. The third kappa shape index (κ3) is 2.86. The zero-order chi connectivity index (χ0) is 15.6. The fourth-order valence-corrected chi connectivity index (χ4v) is 2.29. The molecule has 0 atom stereocenters. The molecule has 1 fully saturated rings. The van der Waals surface area contributed by atoms with E-state index in [4.69, 9.17) is 4.52 Å². The van der Waals surface area contributed by atoms with Gasteiger partial charge >= 0.3 is 0 Å². The lowest BCUT2D eigenvalue weighted by Gasteiger charge is -2.14. The molecule has 3 rings (SSSR count). The first kappa shape index (κ1) is 14.3. The van der Waals surface area contributed by atoms with Crippen molar-refractivity contribution in [2.24, 2.45) is 5.41 Å². The number of nitrogens with zero attached hydrogens (tertiary/aromatic N) is 1. The molecule has 0 radical (unpaired) electrons. The minimum absolute atomic E-state index is 0.242. The second kappa shape index (κ2) is 5.63. The Balaban J connectivity index is 1.60. The highest BCUT2D eigenvalue weighted by Crippen LogP contribution is 2.46. The number of carbonyl (C=O) groups excluding carboxylic acids is 2. The molecule has 0 aliphatic heterocycles. The highest BCUT2D eigenvalue weighted by molar-refractivity contribution is 6.12. The van der Waals surface area contributed by atoms with Crippen LogP contribution in [-0.2, 0) is 16.1 Å². The Kier molecular flexibility index (Phi) is 3.66. The number of rotatable bonds is 5. The zero-order valence-corrected chi connectivity index (χ0v) is 12.3. The second-order valence-corrected chi connectivity index (χ2v) is 5.53. The van der Waals surface area contributed by atoms with Crippen LogP contribution in [0.5, 0.6) is 0 Å². The fourth-order valence-electron chi connectivity index (χ4n) is 2.29. The molecular formula is C16H17N3O3. The lowest BCUT2D eigenvalue weighted by Crippen LogP contribution is -2.39. The highest BCUT2D eigenvalue weighted by atomic mass is 16.5. The predicted molar refractivity (Wildman–Crippen MR) is 79.8 cm³/mol. The van der Waals surface area contributed by atoms with E-state index < -0.39 is 5.41 Å². The van der Waals surface area contributed by atoms with Gasteiger partial charge in [0.15, 0.2) is 5.82 Å². The number of benzene rings is 1. The Labute approximate surface area is 127 Å². The summed E-state index contributed by atoms with van der Waals surface area (Å²) in [6, 6.07) is 11.2. The molecule has 2 N–H and O–H groups in total. The summed E-state index contributed by atoms with van der Waals surface area (Å²) in [7, 11) is 0. The maximum atomic E-state index is 12.3. The van der Waals surface area contributed by atoms with Crippen LogP contribution >= 0.6 is 0 Å². The van der Waals surface area contributed by atoms with Gasteiger partial charge in [-0.2, -0.15) is 0 Å². The van der Waals surface area contributed by atoms with Crippen LogP contribution in [0.4, 0.5) is 5.82 Å². The largest absolute Gasteiger partial charge is 0.360 e. The maximum absolute atomic E-state index is 12.3. The van der Waals surface area contributed by atoms with E-state index in [1.54, 1.807) is 13.0 Å². The van der Waals surface area contributed by atoms with Crippen LogP contribution in [-0.4, -0.2) is 17.0 Å². The van der Waals surface area contributed by atoms with Crippen molar-refractivity contribution in [1.29, 1.82) is 0 Å². The lowest BCUT2D eigenvalue weighted by atomic mass is 10.0. The van der Waals surface area contributed by atoms with Crippen molar-refractivity contribution in [3.8, 4) is 0 Å². The number of amides is 2. The Hall–Kier alpha value is -2.63. The van der Waals surface area contributed by atoms with Crippen molar-refractivity contribution in [1.82, 2.24) is 10.5 Å². The van der Waals surface area contributed by atoms with Gasteiger partial charge in [0.1, 0.15) is 11.2 Å². The zero-order valence-electron chi connectivity index (χ0n) is 12.3. The van der Waals surface area contributed by atoms with Crippen molar-refractivity contribution in [2.75, 3.05) is 5.32 Å². The summed E-state index contributed by atoms with van der Waals surface area (Å²) in [6.07, 6.45) is 1.10. The summed E-state index contributed by atoms with van der Waals surface area (Å²) in [6.45, 7) is 2.15. The van der Waals surface area contributed by atoms with Crippen molar-refractivity contribution < 1.29 is 14.1 Å². The van der Waals surface area contributed by atoms with Crippen LogP contribution in [0.2, 0.25) is 0 Å². The Morgan fingerprint density at radius 3 is 2.55 bits per heavy atom. The molecule has 22 heavy (non-hydrogen) atoms. The van der Waals surface area contributed by atoms with Crippen molar-refractivity contribution >= 4 is 17.6 Å². The van der Waals surface area contributed by atoms with Gasteiger partial charge in [0.2, 0.25) is 11.8 Å². The molecule has 0 spiro atoms. The van der Waals surface area contributed by atoms with Crippen molar-refractivity contribution in [3.63, 3.8) is 0 Å². The number of hydrogen-bond acceptors (Lipinski definition) is 4. The van der Waals surface area contributed by atoms with Crippen molar-refractivity contribution in [2.45, 2.75) is 26.3 Å². The van der Waals surface area contributed by atoms with Gasteiger partial charge in [0.05, 0.1) is 0 Å². The molecule has 1 aromatic carbocycles. The van der Waals surface area contributed by atoms with Crippen LogP contribution < -0.4 is 10.6 Å². The third-order valence-corrected chi connectivity index (χ3v) is 3.78. The van der Waals surface area contributed by atoms with Gasteiger partial charge in [-0.25, -0.2) is 0 Å². The van der Waals surface area contributed by atoms with Crippen molar-refractivity contribution in [3.05, 3.63) is 47.7 Å². The van der Waals surface area contributed by atoms with E-state index in [2.05, 4.69) is 15.8 Å². The van der Waals surface area contributed by atoms with E-state index in [9.17, 15) is 9.59 Å².